The molecule has 9 heteroatoms. The quantitative estimate of drug-likeness (QED) is 0.349. The van der Waals surface area contributed by atoms with Crippen LogP contribution >= 0.6 is 11.8 Å². The van der Waals surface area contributed by atoms with Crippen molar-refractivity contribution in [3.8, 4) is 0 Å². The van der Waals surface area contributed by atoms with Crippen molar-refractivity contribution < 1.29 is 29.2 Å². The Morgan fingerprint density at radius 1 is 1.33 bits per heavy atom. The molecule has 33 heavy (non-hydrogen) atoms. The lowest BCUT2D eigenvalue weighted by molar-refractivity contribution is -0.151. The predicted octanol–water partition coefficient (Wildman–Crippen LogP) is 1.16. The Kier molecular flexibility index (Phi) is 7.11. The molecule has 8 nitrogen and oxygen atoms in total. The number of fused-ring (bicyclic) bond motifs is 5. The van der Waals surface area contributed by atoms with E-state index in [9.17, 15) is 15.0 Å². The van der Waals surface area contributed by atoms with E-state index in [0.717, 1.165) is 31.6 Å². The normalized spacial score (nSPS) is 48.3. The zero-order chi connectivity index (χ0) is 23.2. The van der Waals surface area contributed by atoms with Gasteiger partial charge in [-0.15, -0.1) is 11.8 Å². The molecule has 4 N–H and O–H groups in total. The smallest absolute Gasteiger partial charge is 0.240 e. The summed E-state index contributed by atoms with van der Waals surface area (Å²) in [4.78, 5) is 13.4. The minimum Gasteiger partial charge on any atom is -0.387 e. The van der Waals surface area contributed by atoms with E-state index in [4.69, 9.17) is 14.2 Å². The zero-order valence-corrected chi connectivity index (χ0v) is 20.3. The molecule has 6 unspecified atom stereocenters. The molecule has 1 amide bonds. The van der Waals surface area contributed by atoms with Crippen LogP contribution in [0.15, 0.2) is 12.2 Å². The summed E-state index contributed by atoms with van der Waals surface area (Å²) < 4.78 is 17.8. The summed E-state index contributed by atoms with van der Waals surface area (Å²) >= 11 is 1.49. The lowest BCUT2D eigenvalue weighted by Gasteiger charge is -2.38. The third-order valence-corrected chi connectivity index (χ3v) is 8.94. The standard InChI is InChI=1S/C24H38N2O6S/c1-13(2)10-14-7-8-30-19-15(11-14)12-25-17(19)22(28)26-16-6-4-3-5-9-33-23-24(29)21(32-24)18(27)20(16)31-23/h3-4,13-21,23,25,27,29H,5-12H2,1-2H3,(H,26,28)/b4-3-/t14-,15-,16+,17?,18?,19+,20?,21?,23?,24?/m0/s1. The number of nitrogens with one attached hydrogen (secondary N) is 2. The van der Waals surface area contributed by atoms with Gasteiger partial charge in [-0.25, -0.2) is 0 Å². The van der Waals surface area contributed by atoms with Gasteiger partial charge in [0.1, 0.15) is 24.4 Å². The van der Waals surface area contributed by atoms with Gasteiger partial charge in [0.05, 0.1) is 12.1 Å². The van der Waals surface area contributed by atoms with E-state index in [1.54, 1.807) is 0 Å². The number of aliphatic hydroxyl groups excluding tert-OH is 1. The highest BCUT2D eigenvalue weighted by atomic mass is 32.2. The molecule has 0 aliphatic carbocycles. The number of epoxide rings is 1. The summed E-state index contributed by atoms with van der Waals surface area (Å²) in [6, 6.07) is -0.828. The maximum Gasteiger partial charge on any atom is 0.240 e. The summed E-state index contributed by atoms with van der Waals surface area (Å²) in [5, 5.41) is 28.0. The van der Waals surface area contributed by atoms with Crippen LogP contribution in [0.3, 0.4) is 0 Å². The van der Waals surface area contributed by atoms with Crippen molar-refractivity contribution >= 4 is 17.7 Å². The van der Waals surface area contributed by atoms with Gasteiger partial charge in [-0.2, -0.15) is 0 Å². The first-order valence-corrected chi connectivity index (χ1v) is 13.6. The lowest BCUT2D eigenvalue weighted by atomic mass is 9.85. The molecule has 0 aromatic rings. The maximum atomic E-state index is 13.4. The number of allylic oxidation sites excluding steroid dienone is 1. The van der Waals surface area contributed by atoms with Gasteiger partial charge in [-0.05, 0) is 55.6 Å². The Morgan fingerprint density at radius 2 is 2.18 bits per heavy atom. The number of ether oxygens (including phenoxy) is 3. The Morgan fingerprint density at radius 3 is 3.00 bits per heavy atom. The molecule has 0 saturated carbocycles. The number of carbonyl (C=O) groups excluding carboxylic acids is 1. The number of hydrogen-bond acceptors (Lipinski definition) is 8. The molecule has 5 aliphatic rings. The van der Waals surface area contributed by atoms with E-state index in [0.29, 0.717) is 30.8 Å². The van der Waals surface area contributed by atoms with Crippen LogP contribution in [0.25, 0.3) is 0 Å². The van der Waals surface area contributed by atoms with E-state index >= 15 is 0 Å². The van der Waals surface area contributed by atoms with Gasteiger partial charge >= 0.3 is 0 Å². The van der Waals surface area contributed by atoms with Gasteiger partial charge in [0, 0.05) is 13.2 Å². The van der Waals surface area contributed by atoms with Crippen molar-refractivity contribution in [3.05, 3.63) is 12.2 Å². The van der Waals surface area contributed by atoms with Gasteiger partial charge in [-0.3, -0.25) is 4.79 Å². The Labute approximate surface area is 200 Å². The lowest BCUT2D eigenvalue weighted by Crippen LogP contribution is -2.60. The highest BCUT2D eigenvalue weighted by Gasteiger charge is 2.70. The molecular weight excluding hydrogens is 444 g/mol. The molecule has 5 heterocycles. The third kappa shape index (κ3) is 4.87. The van der Waals surface area contributed by atoms with Gasteiger partial charge in [-0.1, -0.05) is 26.0 Å². The maximum absolute atomic E-state index is 13.4. The SMILES string of the molecule is CC(C)C[C@@H]1CCO[C@H]2C(C(=O)N[C@@H]3C/C=C\CCSC4OC3C(O)C3OC43O)NC[C@@H]2C1. The number of aliphatic hydroxyl groups is 2. The van der Waals surface area contributed by atoms with Gasteiger partial charge in [0.2, 0.25) is 11.7 Å². The number of carbonyl (C=O) groups is 1. The molecule has 0 aromatic heterocycles. The Balaban J connectivity index is 1.27. The molecule has 186 valence electrons. The van der Waals surface area contributed by atoms with E-state index in [2.05, 4.69) is 30.6 Å². The van der Waals surface area contributed by atoms with Crippen molar-refractivity contribution in [2.45, 2.75) is 93.7 Å². The second kappa shape index (κ2) is 9.76. The van der Waals surface area contributed by atoms with Crippen molar-refractivity contribution in [1.29, 1.82) is 0 Å². The Bertz CT molecular complexity index is 752. The van der Waals surface area contributed by atoms with E-state index in [1.807, 2.05) is 6.08 Å². The largest absolute Gasteiger partial charge is 0.387 e. The van der Waals surface area contributed by atoms with E-state index < -0.39 is 41.6 Å². The molecule has 5 aliphatic heterocycles. The first-order chi connectivity index (χ1) is 15.9. The van der Waals surface area contributed by atoms with Crippen LogP contribution in [0.4, 0.5) is 0 Å². The zero-order valence-electron chi connectivity index (χ0n) is 19.5. The topological polar surface area (TPSA) is 113 Å². The molecular formula is C24H38N2O6S. The molecule has 0 aromatic carbocycles. The molecule has 4 saturated heterocycles. The summed E-state index contributed by atoms with van der Waals surface area (Å²) in [7, 11) is 0. The second-order valence-electron chi connectivity index (χ2n) is 10.7. The van der Waals surface area contributed by atoms with Crippen LogP contribution in [-0.4, -0.2) is 82.7 Å². The van der Waals surface area contributed by atoms with Crippen LogP contribution in [0, 0.1) is 17.8 Å². The summed E-state index contributed by atoms with van der Waals surface area (Å²) in [5.74, 6) is 0.894. The number of thioether (sulfide) groups is 1. The van der Waals surface area contributed by atoms with Crippen molar-refractivity contribution in [2.75, 3.05) is 18.9 Å². The fraction of sp³-hybridized carbons (Fsp3) is 0.875. The van der Waals surface area contributed by atoms with E-state index in [-0.39, 0.29) is 12.0 Å². The van der Waals surface area contributed by atoms with Crippen molar-refractivity contribution in [3.63, 3.8) is 0 Å². The first kappa shape index (κ1) is 24.0. The molecule has 0 radical (unpaired) electrons. The minimum atomic E-state index is -1.43. The summed E-state index contributed by atoms with van der Waals surface area (Å²) in [6.45, 7) is 6.00. The van der Waals surface area contributed by atoms with Gasteiger partial charge < -0.3 is 35.1 Å². The molecule has 4 fully saturated rings. The average molecular weight is 483 g/mol. The van der Waals surface area contributed by atoms with Crippen molar-refractivity contribution in [2.24, 2.45) is 17.8 Å². The fourth-order valence-corrected chi connectivity index (χ4v) is 7.20. The molecule has 10 atom stereocenters. The number of hydrogen-bond donors (Lipinski definition) is 4. The van der Waals surface area contributed by atoms with Crippen LogP contribution in [0.2, 0.25) is 0 Å². The fourth-order valence-electron chi connectivity index (χ4n) is 6.08. The first-order valence-electron chi connectivity index (χ1n) is 12.5. The minimum absolute atomic E-state index is 0.113. The number of amides is 1. The van der Waals surface area contributed by atoms with Crippen LogP contribution in [0.1, 0.15) is 46.0 Å². The van der Waals surface area contributed by atoms with Gasteiger partial charge in [0.25, 0.3) is 0 Å². The average Bonchev–Trinajstić information content (AvgIpc) is 3.40. The second-order valence-corrected chi connectivity index (χ2v) is 11.9. The summed E-state index contributed by atoms with van der Waals surface area (Å²) in [6.07, 6.45) is 6.41. The van der Waals surface area contributed by atoms with Crippen LogP contribution in [0.5, 0.6) is 0 Å². The molecule has 5 rings (SSSR count). The highest BCUT2D eigenvalue weighted by Crippen LogP contribution is 2.50. The molecule has 2 bridgehead atoms. The predicted molar refractivity (Wildman–Crippen MR) is 124 cm³/mol. The third-order valence-electron chi connectivity index (χ3n) is 7.72. The number of rotatable bonds is 4. The monoisotopic (exact) mass is 482 g/mol. The summed E-state index contributed by atoms with van der Waals surface area (Å²) in [5.41, 5.74) is -0.570. The van der Waals surface area contributed by atoms with E-state index in [1.165, 1.54) is 18.2 Å². The van der Waals surface area contributed by atoms with Gasteiger partial charge in [0.15, 0.2) is 5.44 Å². The molecule has 0 spiro atoms. The van der Waals surface area contributed by atoms with Crippen LogP contribution in [-0.2, 0) is 19.0 Å². The van der Waals surface area contributed by atoms with Crippen molar-refractivity contribution in [1.82, 2.24) is 10.6 Å². The van der Waals surface area contributed by atoms with Crippen LogP contribution < -0.4 is 10.6 Å². The highest BCUT2D eigenvalue weighted by molar-refractivity contribution is 7.99. The Hall–Kier alpha value is -0.680.